The van der Waals surface area contributed by atoms with E-state index in [-0.39, 0.29) is 36.4 Å². The maximum atomic E-state index is 11.8. The number of rotatable bonds is 7. The van der Waals surface area contributed by atoms with Gasteiger partial charge in [0, 0.05) is 18.2 Å². The van der Waals surface area contributed by atoms with Crippen LogP contribution in [0.15, 0.2) is 29.3 Å². The number of nitrogens with zero attached hydrogens (tertiary/aromatic N) is 1. The van der Waals surface area contributed by atoms with Gasteiger partial charge >= 0.3 is 0 Å². The second-order valence-electron chi connectivity index (χ2n) is 6.00. The highest BCUT2D eigenvalue weighted by atomic mass is 127. The second-order valence-corrected chi connectivity index (χ2v) is 6.00. The molecule has 2 atom stereocenters. The summed E-state index contributed by atoms with van der Waals surface area (Å²) in [6, 6.07) is 7.65. The summed E-state index contributed by atoms with van der Waals surface area (Å²) >= 11 is 0. The highest BCUT2D eigenvalue weighted by Gasteiger charge is 2.33. The van der Waals surface area contributed by atoms with E-state index in [2.05, 4.69) is 27.9 Å². The maximum absolute atomic E-state index is 11.8. The van der Waals surface area contributed by atoms with Gasteiger partial charge in [0.2, 0.25) is 5.91 Å². The Hall–Kier alpha value is -1.84. The number of primary amides is 1. The predicted molar refractivity (Wildman–Crippen MR) is 109 cm³/mol. The first-order chi connectivity index (χ1) is 11.5. The van der Waals surface area contributed by atoms with Gasteiger partial charge in [-0.1, -0.05) is 19.1 Å². The van der Waals surface area contributed by atoms with E-state index in [1.807, 2.05) is 19.1 Å². The summed E-state index contributed by atoms with van der Waals surface area (Å²) in [5, 5.41) is 9.09. The van der Waals surface area contributed by atoms with Crippen molar-refractivity contribution >= 4 is 41.8 Å². The summed E-state index contributed by atoms with van der Waals surface area (Å²) in [7, 11) is 0. The number of halogens is 1. The molecule has 0 spiro atoms. The molecule has 7 nitrogen and oxygen atoms in total. The lowest BCUT2D eigenvalue weighted by molar-refractivity contribution is -0.117. The van der Waals surface area contributed by atoms with Gasteiger partial charge in [0.15, 0.2) is 5.96 Å². The Morgan fingerprint density at radius 3 is 2.40 bits per heavy atom. The first-order valence-electron chi connectivity index (χ1n) is 8.20. The zero-order chi connectivity index (χ0) is 17.5. The van der Waals surface area contributed by atoms with Crippen LogP contribution in [0.3, 0.4) is 0 Å². The van der Waals surface area contributed by atoms with Gasteiger partial charge in [-0.05, 0) is 37.0 Å². The second kappa shape index (κ2) is 10.2. The largest absolute Gasteiger partial charge is 0.368 e. The van der Waals surface area contributed by atoms with E-state index < -0.39 is 5.91 Å². The minimum Gasteiger partial charge on any atom is -0.368 e. The van der Waals surface area contributed by atoms with Crippen LogP contribution in [0.25, 0.3) is 0 Å². The molecule has 1 aromatic rings. The molecule has 2 unspecified atom stereocenters. The minimum absolute atomic E-state index is 0. The average Bonchev–Trinajstić information content (AvgIpc) is 3.26. The molecule has 1 aliphatic carbocycles. The van der Waals surface area contributed by atoms with Crippen LogP contribution >= 0.6 is 24.0 Å². The Bertz CT molecular complexity index is 618. The number of amides is 2. The fraction of sp³-hybridized carbons (Fsp3) is 0.471. The van der Waals surface area contributed by atoms with Gasteiger partial charge in [0.05, 0.1) is 13.1 Å². The number of aliphatic imine (C=N–C) groups is 1. The molecular formula is C17H26IN5O2. The smallest absolute Gasteiger partial charge is 0.251 e. The molecule has 1 aliphatic rings. The fourth-order valence-electron chi connectivity index (χ4n) is 2.22. The molecule has 1 saturated carbocycles. The summed E-state index contributed by atoms with van der Waals surface area (Å²) in [6.45, 7) is 5.42. The number of hydrogen-bond acceptors (Lipinski definition) is 3. The van der Waals surface area contributed by atoms with Gasteiger partial charge in [-0.25, -0.2) is 4.99 Å². The van der Waals surface area contributed by atoms with Crippen LogP contribution in [-0.4, -0.2) is 36.9 Å². The van der Waals surface area contributed by atoms with Crippen molar-refractivity contribution in [3.8, 4) is 0 Å². The molecule has 25 heavy (non-hydrogen) atoms. The highest BCUT2D eigenvalue weighted by Crippen LogP contribution is 2.28. The van der Waals surface area contributed by atoms with Crippen LogP contribution in [0.5, 0.6) is 0 Å². The van der Waals surface area contributed by atoms with Gasteiger partial charge in [-0.15, -0.1) is 24.0 Å². The van der Waals surface area contributed by atoms with Gasteiger partial charge in [-0.3, -0.25) is 9.59 Å². The molecule has 1 fully saturated rings. The minimum atomic E-state index is -0.567. The number of guanidine groups is 1. The summed E-state index contributed by atoms with van der Waals surface area (Å²) in [5.74, 6) is 0.631. The predicted octanol–water partition coefficient (Wildman–Crippen LogP) is 0.983. The number of carbonyl (C=O) groups is 2. The lowest BCUT2D eigenvalue weighted by atomic mass is 10.1. The molecule has 2 rings (SSSR count). The van der Waals surface area contributed by atoms with Crippen molar-refractivity contribution in [1.82, 2.24) is 16.0 Å². The Morgan fingerprint density at radius 1 is 1.24 bits per heavy atom. The van der Waals surface area contributed by atoms with Crippen molar-refractivity contribution in [2.45, 2.75) is 32.9 Å². The van der Waals surface area contributed by atoms with Crippen LogP contribution in [0.4, 0.5) is 0 Å². The molecule has 1 aromatic carbocycles. The molecule has 0 aliphatic heterocycles. The topological polar surface area (TPSA) is 109 Å². The molecule has 0 radical (unpaired) electrons. The summed E-state index contributed by atoms with van der Waals surface area (Å²) in [6.07, 6.45) is 1.18. The van der Waals surface area contributed by atoms with E-state index >= 15 is 0 Å². The molecular weight excluding hydrogens is 433 g/mol. The lowest BCUT2D eigenvalue weighted by Crippen LogP contribution is -2.39. The monoisotopic (exact) mass is 459 g/mol. The summed E-state index contributed by atoms with van der Waals surface area (Å²) in [5.41, 5.74) is 6.49. The fourth-order valence-corrected chi connectivity index (χ4v) is 2.22. The van der Waals surface area contributed by atoms with Crippen molar-refractivity contribution < 1.29 is 9.59 Å². The van der Waals surface area contributed by atoms with E-state index in [0.29, 0.717) is 24.1 Å². The molecule has 0 bridgehead atoms. The highest BCUT2D eigenvalue weighted by molar-refractivity contribution is 14.0. The van der Waals surface area contributed by atoms with Crippen LogP contribution in [-0.2, 0) is 11.3 Å². The molecule has 2 amide bonds. The van der Waals surface area contributed by atoms with Crippen molar-refractivity contribution in [1.29, 1.82) is 0 Å². The number of hydrogen-bond donors (Lipinski definition) is 4. The number of nitrogens with one attached hydrogen (secondary N) is 3. The third-order valence-electron chi connectivity index (χ3n) is 3.83. The summed E-state index contributed by atoms with van der Waals surface area (Å²) in [4.78, 5) is 27.0. The van der Waals surface area contributed by atoms with Gasteiger partial charge < -0.3 is 21.7 Å². The third-order valence-corrected chi connectivity index (χ3v) is 3.83. The van der Waals surface area contributed by atoms with Crippen molar-refractivity contribution in [2.24, 2.45) is 16.6 Å². The standard InChI is InChI=1S/C17H25N5O2.HI/c1-3-19-17(22-14-8-11(14)2)21-9-12-4-6-13(7-5-12)16(24)20-10-15(18)23;/h4-7,11,14H,3,8-10H2,1-2H3,(H2,18,23)(H,20,24)(H2,19,21,22);1H. The van der Waals surface area contributed by atoms with Gasteiger partial charge in [-0.2, -0.15) is 0 Å². The summed E-state index contributed by atoms with van der Waals surface area (Å²) < 4.78 is 0. The van der Waals surface area contributed by atoms with Crippen LogP contribution in [0.2, 0.25) is 0 Å². The normalized spacial score (nSPS) is 18.7. The number of benzene rings is 1. The van der Waals surface area contributed by atoms with Crippen LogP contribution < -0.4 is 21.7 Å². The SMILES string of the molecule is CCNC(=NCc1ccc(C(=O)NCC(N)=O)cc1)NC1CC1C.I. The zero-order valence-electron chi connectivity index (χ0n) is 14.5. The average molecular weight is 459 g/mol. The van der Waals surface area contributed by atoms with Crippen molar-refractivity contribution in [2.75, 3.05) is 13.1 Å². The molecule has 0 saturated heterocycles. The van der Waals surface area contributed by atoms with E-state index in [0.717, 1.165) is 18.1 Å². The molecule has 5 N–H and O–H groups in total. The van der Waals surface area contributed by atoms with Gasteiger partial charge in [0.1, 0.15) is 0 Å². The van der Waals surface area contributed by atoms with Crippen molar-refractivity contribution in [3.63, 3.8) is 0 Å². The van der Waals surface area contributed by atoms with E-state index in [1.165, 1.54) is 6.42 Å². The van der Waals surface area contributed by atoms with E-state index in [9.17, 15) is 9.59 Å². The van der Waals surface area contributed by atoms with E-state index in [4.69, 9.17) is 5.73 Å². The first kappa shape index (κ1) is 21.2. The molecule has 138 valence electrons. The quantitative estimate of drug-likeness (QED) is 0.277. The Balaban J connectivity index is 0.00000312. The third kappa shape index (κ3) is 7.29. The van der Waals surface area contributed by atoms with Crippen LogP contribution in [0, 0.1) is 5.92 Å². The van der Waals surface area contributed by atoms with E-state index in [1.54, 1.807) is 12.1 Å². The molecule has 8 heteroatoms. The number of carbonyl (C=O) groups excluding carboxylic acids is 2. The lowest BCUT2D eigenvalue weighted by Gasteiger charge is -2.10. The Labute approximate surface area is 165 Å². The first-order valence-corrected chi connectivity index (χ1v) is 8.20. The molecule has 0 heterocycles. The maximum Gasteiger partial charge on any atom is 0.251 e. The number of nitrogens with two attached hydrogens (primary N) is 1. The Morgan fingerprint density at radius 2 is 1.88 bits per heavy atom. The van der Waals surface area contributed by atoms with Gasteiger partial charge in [0.25, 0.3) is 5.91 Å². The Kier molecular flexibility index (Phi) is 8.67. The molecule has 0 aromatic heterocycles. The van der Waals surface area contributed by atoms with Crippen molar-refractivity contribution in [3.05, 3.63) is 35.4 Å². The zero-order valence-corrected chi connectivity index (χ0v) is 16.9. The van der Waals surface area contributed by atoms with Crippen LogP contribution in [0.1, 0.15) is 36.2 Å².